The van der Waals surface area contributed by atoms with Gasteiger partial charge in [0.2, 0.25) is 5.91 Å². The van der Waals surface area contributed by atoms with Crippen LogP contribution < -0.4 is 10.6 Å². The lowest BCUT2D eigenvalue weighted by Crippen LogP contribution is -2.33. The topological polar surface area (TPSA) is 58.2 Å². The molecule has 0 unspecified atom stereocenters. The van der Waals surface area contributed by atoms with Crippen LogP contribution in [0.15, 0.2) is 54.6 Å². The maximum Gasteiger partial charge on any atom is 0.405 e. The van der Waals surface area contributed by atoms with Crippen LogP contribution in [0.5, 0.6) is 0 Å². The van der Waals surface area contributed by atoms with Crippen molar-refractivity contribution in [2.45, 2.75) is 13.1 Å². The molecule has 136 valence electrons. The Labute approximate surface area is 148 Å². The fourth-order valence-corrected chi connectivity index (χ4v) is 2.09. The van der Waals surface area contributed by atoms with Crippen molar-refractivity contribution in [2.75, 3.05) is 11.9 Å². The van der Waals surface area contributed by atoms with E-state index in [2.05, 4.69) is 5.32 Å². The molecule has 0 aliphatic rings. The van der Waals surface area contributed by atoms with Crippen molar-refractivity contribution in [1.29, 1.82) is 0 Å². The van der Waals surface area contributed by atoms with Crippen LogP contribution in [0, 0.1) is 6.92 Å². The standard InChI is InChI=1S/C19H17F3N2O2/c1-13-7-9-15(18(26)23-12-19(20,21)22)11-16(13)24-17(25)10-8-14-5-3-2-4-6-14/h2-11H,12H2,1H3,(H,23,26)(H,24,25)/b10-8+. The van der Waals surface area contributed by atoms with E-state index in [1.54, 1.807) is 24.4 Å². The summed E-state index contributed by atoms with van der Waals surface area (Å²) in [5, 5.41) is 4.42. The van der Waals surface area contributed by atoms with E-state index in [1.165, 1.54) is 18.2 Å². The maximum absolute atomic E-state index is 12.2. The van der Waals surface area contributed by atoms with Gasteiger partial charge in [-0.15, -0.1) is 0 Å². The Morgan fingerprint density at radius 1 is 1.08 bits per heavy atom. The SMILES string of the molecule is Cc1ccc(C(=O)NCC(F)(F)F)cc1NC(=O)/C=C/c1ccccc1. The van der Waals surface area contributed by atoms with Crippen LogP contribution in [0.25, 0.3) is 6.08 Å². The monoisotopic (exact) mass is 362 g/mol. The molecular formula is C19H17F3N2O2. The van der Waals surface area contributed by atoms with Gasteiger partial charge in [0, 0.05) is 17.3 Å². The van der Waals surface area contributed by atoms with Crippen LogP contribution in [0.2, 0.25) is 0 Å². The van der Waals surface area contributed by atoms with Gasteiger partial charge in [-0.3, -0.25) is 9.59 Å². The van der Waals surface area contributed by atoms with Crippen LogP contribution in [0.3, 0.4) is 0 Å². The first kappa shape index (κ1) is 19.2. The van der Waals surface area contributed by atoms with Gasteiger partial charge in [0.15, 0.2) is 0 Å². The number of aryl methyl sites for hydroxylation is 1. The Bertz CT molecular complexity index is 815. The van der Waals surface area contributed by atoms with Gasteiger partial charge in [-0.25, -0.2) is 0 Å². The molecular weight excluding hydrogens is 345 g/mol. The van der Waals surface area contributed by atoms with Crippen molar-refractivity contribution >= 4 is 23.6 Å². The van der Waals surface area contributed by atoms with Gasteiger partial charge >= 0.3 is 6.18 Å². The lowest BCUT2D eigenvalue weighted by atomic mass is 10.1. The van der Waals surface area contributed by atoms with Gasteiger partial charge in [-0.05, 0) is 36.3 Å². The summed E-state index contributed by atoms with van der Waals surface area (Å²) in [5.41, 5.74) is 1.91. The molecule has 2 N–H and O–H groups in total. The average Bonchev–Trinajstić information content (AvgIpc) is 2.60. The van der Waals surface area contributed by atoms with Gasteiger partial charge in [-0.1, -0.05) is 36.4 Å². The minimum absolute atomic E-state index is 0.0298. The Kier molecular flexibility index (Phi) is 6.16. The summed E-state index contributed by atoms with van der Waals surface area (Å²) in [6, 6.07) is 13.5. The van der Waals surface area contributed by atoms with E-state index < -0.39 is 24.5 Å². The number of carbonyl (C=O) groups is 2. The number of anilines is 1. The third-order valence-corrected chi connectivity index (χ3v) is 3.43. The largest absolute Gasteiger partial charge is 0.405 e. The number of hydrogen-bond acceptors (Lipinski definition) is 2. The number of alkyl halides is 3. The van der Waals surface area contributed by atoms with Crippen molar-refractivity contribution in [3.8, 4) is 0 Å². The Morgan fingerprint density at radius 3 is 2.42 bits per heavy atom. The van der Waals surface area contributed by atoms with E-state index in [0.717, 1.165) is 5.56 Å². The highest BCUT2D eigenvalue weighted by Gasteiger charge is 2.28. The zero-order valence-electron chi connectivity index (χ0n) is 13.9. The normalized spacial score (nSPS) is 11.4. The van der Waals surface area contributed by atoms with Crippen molar-refractivity contribution in [1.82, 2.24) is 5.32 Å². The second-order valence-corrected chi connectivity index (χ2v) is 5.56. The van der Waals surface area contributed by atoms with E-state index in [1.807, 2.05) is 30.3 Å². The van der Waals surface area contributed by atoms with E-state index in [0.29, 0.717) is 11.3 Å². The van der Waals surface area contributed by atoms with E-state index in [-0.39, 0.29) is 5.56 Å². The van der Waals surface area contributed by atoms with Crippen molar-refractivity contribution < 1.29 is 22.8 Å². The Morgan fingerprint density at radius 2 is 1.77 bits per heavy atom. The first-order chi connectivity index (χ1) is 12.2. The van der Waals surface area contributed by atoms with Crippen LogP contribution in [-0.4, -0.2) is 24.5 Å². The lowest BCUT2D eigenvalue weighted by molar-refractivity contribution is -0.123. The number of hydrogen-bond donors (Lipinski definition) is 2. The predicted octanol–water partition coefficient (Wildman–Crippen LogP) is 3.94. The second kappa shape index (κ2) is 8.33. The molecule has 2 rings (SSSR count). The summed E-state index contributed by atoms with van der Waals surface area (Å²) in [6.07, 6.45) is -1.52. The molecule has 7 heteroatoms. The molecule has 0 saturated carbocycles. The highest BCUT2D eigenvalue weighted by molar-refractivity contribution is 6.03. The minimum atomic E-state index is -4.49. The molecule has 0 fully saturated rings. The van der Waals surface area contributed by atoms with Crippen LogP contribution in [0.1, 0.15) is 21.5 Å². The molecule has 0 aliphatic heterocycles. The summed E-state index contributed by atoms with van der Waals surface area (Å²) in [6.45, 7) is 0.301. The van der Waals surface area contributed by atoms with Crippen molar-refractivity contribution in [3.05, 3.63) is 71.3 Å². The minimum Gasteiger partial charge on any atom is -0.343 e. The zero-order valence-corrected chi connectivity index (χ0v) is 13.9. The molecule has 0 aliphatic carbocycles. The van der Waals surface area contributed by atoms with Gasteiger partial charge in [0.25, 0.3) is 5.91 Å². The molecule has 0 atom stereocenters. The molecule has 0 aromatic heterocycles. The molecule has 0 bridgehead atoms. The van der Waals surface area contributed by atoms with Crippen molar-refractivity contribution in [2.24, 2.45) is 0 Å². The quantitative estimate of drug-likeness (QED) is 0.792. The second-order valence-electron chi connectivity index (χ2n) is 5.56. The van der Waals surface area contributed by atoms with Gasteiger partial charge in [-0.2, -0.15) is 13.2 Å². The Hall–Kier alpha value is -3.09. The smallest absolute Gasteiger partial charge is 0.343 e. The average molecular weight is 362 g/mol. The highest BCUT2D eigenvalue weighted by Crippen LogP contribution is 2.18. The zero-order chi connectivity index (χ0) is 19.2. The Balaban J connectivity index is 2.06. The molecule has 2 aromatic carbocycles. The number of benzene rings is 2. The summed E-state index contributed by atoms with van der Waals surface area (Å²) in [5.74, 6) is -1.28. The van der Waals surface area contributed by atoms with Crippen LogP contribution in [-0.2, 0) is 4.79 Å². The van der Waals surface area contributed by atoms with Gasteiger partial charge < -0.3 is 10.6 Å². The molecule has 0 radical (unpaired) electrons. The molecule has 0 heterocycles. The fourth-order valence-electron chi connectivity index (χ4n) is 2.09. The molecule has 0 spiro atoms. The summed E-state index contributed by atoms with van der Waals surface area (Å²) < 4.78 is 36.6. The highest BCUT2D eigenvalue weighted by atomic mass is 19.4. The van der Waals surface area contributed by atoms with Crippen LogP contribution in [0.4, 0.5) is 18.9 Å². The number of carbonyl (C=O) groups excluding carboxylic acids is 2. The maximum atomic E-state index is 12.2. The first-order valence-electron chi connectivity index (χ1n) is 7.74. The predicted molar refractivity (Wildman–Crippen MR) is 93.7 cm³/mol. The van der Waals surface area contributed by atoms with Gasteiger partial charge in [0.05, 0.1) is 0 Å². The molecule has 0 saturated heterocycles. The lowest BCUT2D eigenvalue weighted by Gasteiger charge is -2.11. The number of amides is 2. The fraction of sp³-hybridized carbons (Fsp3) is 0.158. The third kappa shape index (κ3) is 6.08. The summed E-state index contributed by atoms with van der Waals surface area (Å²) >= 11 is 0. The molecule has 2 amide bonds. The molecule has 4 nitrogen and oxygen atoms in total. The number of nitrogens with one attached hydrogen (secondary N) is 2. The van der Waals surface area contributed by atoms with E-state index in [9.17, 15) is 22.8 Å². The summed E-state index contributed by atoms with van der Waals surface area (Å²) in [7, 11) is 0. The van der Waals surface area contributed by atoms with E-state index >= 15 is 0 Å². The third-order valence-electron chi connectivity index (χ3n) is 3.43. The first-order valence-corrected chi connectivity index (χ1v) is 7.74. The molecule has 26 heavy (non-hydrogen) atoms. The van der Waals surface area contributed by atoms with E-state index in [4.69, 9.17) is 0 Å². The number of rotatable bonds is 5. The molecule has 2 aromatic rings. The van der Waals surface area contributed by atoms with Crippen molar-refractivity contribution in [3.63, 3.8) is 0 Å². The summed E-state index contributed by atoms with van der Waals surface area (Å²) in [4.78, 5) is 23.8. The van der Waals surface area contributed by atoms with Gasteiger partial charge in [0.1, 0.15) is 6.54 Å². The van der Waals surface area contributed by atoms with Crippen LogP contribution >= 0.6 is 0 Å². The number of halogens is 3.